The molecule has 1 unspecified atom stereocenters. The summed E-state index contributed by atoms with van der Waals surface area (Å²) in [5, 5.41) is 3.03. The third-order valence-electron chi connectivity index (χ3n) is 3.65. The topological polar surface area (TPSA) is 55.1 Å². The SMILES string of the molecule is CCC(CCN)CCC(=O)NCC(C)(C)CC. The fraction of sp³-hybridized carbons (Fsp3) is 0.929. The van der Waals surface area contributed by atoms with Crippen LogP contribution in [0.4, 0.5) is 0 Å². The maximum atomic E-state index is 11.7. The van der Waals surface area contributed by atoms with Crippen molar-refractivity contribution < 1.29 is 4.79 Å². The molecule has 17 heavy (non-hydrogen) atoms. The lowest BCUT2D eigenvalue weighted by atomic mass is 9.90. The first-order valence-corrected chi connectivity index (χ1v) is 6.92. The monoisotopic (exact) mass is 242 g/mol. The van der Waals surface area contributed by atoms with Gasteiger partial charge in [0.15, 0.2) is 0 Å². The normalized spacial score (nSPS) is 13.5. The summed E-state index contributed by atoms with van der Waals surface area (Å²) in [6, 6.07) is 0. The van der Waals surface area contributed by atoms with Crippen LogP contribution in [0.15, 0.2) is 0 Å². The Labute approximate surface area is 107 Å². The van der Waals surface area contributed by atoms with Crippen LogP contribution in [0.5, 0.6) is 0 Å². The zero-order chi connectivity index (χ0) is 13.3. The van der Waals surface area contributed by atoms with E-state index < -0.39 is 0 Å². The van der Waals surface area contributed by atoms with Gasteiger partial charge >= 0.3 is 0 Å². The number of nitrogens with one attached hydrogen (secondary N) is 1. The van der Waals surface area contributed by atoms with Crippen LogP contribution in [0.3, 0.4) is 0 Å². The molecule has 3 N–H and O–H groups in total. The van der Waals surface area contributed by atoms with Gasteiger partial charge in [0, 0.05) is 13.0 Å². The summed E-state index contributed by atoms with van der Waals surface area (Å²) < 4.78 is 0. The lowest BCUT2D eigenvalue weighted by Gasteiger charge is -2.23. The van der Waals surface area contributed by atoms with Crippen molar-refractivity contribution in [2.75, 3.05) is 13.1 Å². The van der Waals surface area contributed by atoms with Gasteiger partial charge in [0.1, 0.15) is 0 Å². The number of hydrogen-bond donors (Lipinski definition) is 2. The Kier molecular flexibility index (Phi) is 8.23. The average molecular weight is 242 g/mol. The Morgan fingerprint density at radius 1 is 1.29 bits per heavy atom. The molecule has 0 aromatic carbocycles. The van der Waals surface area contributed by atoms with E-state index in [1.165, 1.54) is 0 Å². The van der Waals surface area contributed by atoms with E-state index in [2.05, 4.69) is 33.0 Å². The first-order chi connectivity index (χ1) is 7.95. The summed E-state index contributed by atoms with van der Waals surface area (Å²) in [5.74, 6) is 0.784. The van der Waals surface area contributed by atoms with Gasteiger partial charge in [0.2, 0.25) is 5.91 Å². The Morgan fingerprint density at radius 2 is 1.94 bits per heavy atom. The van der Waals surface area contributed by atoms with Crippen molar-refractivity contribution in [3.8, 4) is 0 Å². The molecule has 102 valence electrons. The number of hydrogen-bond acceptors (Lipinski definition) is 2. The Balaban J connectivity index is 3.79. The maximum Gasteiger partial charge on any atom is 0.220 e. The van der Waals surface area contributed by atoms with Gasteiger partial charge in [0.05, 0.1) is 0 Å². The summed E-state index contributed by atoms with van der Waals surface area (Å²) in [6.07, 6.45) is 4.83. The standard InChI is InChI=1S/C14H30N2O/c1-5-12(9-10-15)7-8-13(17)16-11-14(3,4)6-2/h12H,5-11,15H2,1-4H3,(H,16,17). The molecule has 0 aromatic rings. The van der Waals surface area contributed by atoms with Crippen LogP contribution < -0.4 is 11.1 Å². The Bertz CT molecular complexity index is 214. The van der Waals surface area contributed by atoms with Crippen molar-refractivity contribution in [3.63, 3.8) is 0 Å². The van der Waals surface area contributed by atoms with Gasteiger partial charge in [-0.05, 0) is 37.1 Å². The van der Waals surface area contributed by atoms with Crippen LogP contribution in [-0.4, -0.2) is 19.0 Å². The van der Waals surface area contributed by atoms with Crippen molar-refractivity contribution in [1.29, 1.82) is 0 Å². The molecule has 0 bridgehead atoms. The molecule has 0 saturated carbocycles. The summed E-state index contributed by atoms with van der Waals surface area (Å²) in [5.41, 5.74) is 5.75. The number of nitrogens with two attached hydrogens (primary N) is 1. The summed E-state index contributed by atoms with van der Waals surface area (Å²) in [4.78, 5) is 11.7. The van der Waals surface area contributed by atoms with Crippen LogP contribution >= 0.6 is 0 Å². The highest BCUT2D eigenvalue weighted by molar-refractivity contribution is 5.75. The lowest BCUT2D eigenvalue weighted by molar-refractivity contribution is -0.121. The van der Waals surface area contributed by atoms with Gasteiger partial charge in [0.25, 0.3) is 0 Å². The summed E-state index contributed by atoms with van der Waals surface area (Å²) in [6.45, 7) is 10.2. The molecule has 0 saturated heterocycles. The van der Waals surface area contributed by atoms with Crippen LogP contribution in [0, 0.1) is 11.3 Å². The first-order valence-electron chi connectivity index (χ1n) is 6.92. The van der Waals surface area contributed by atoms with Crippen LogP contribution in [0.1, 0.15) is 59.8 Å². The minimum atomic E-state index is 0.182. The summed E-state index contributed by atoms with van der Waals surface area (Å²) in [7, 11) is 0. The number of rotatable bonds is 9. The number of carbonyl (C=O) groups is 1. The molecule has 1 atom stereocenters. The molecule has 0 spiro atoms. The van der Waals surface area contributed by atoms with Crippen molar-refractivity contribution >= 4 is 5.91 Å². The highest BCUT2D eigenvalue weighted by Gasteiger charge is 2.16. The third kappa shape index (κ3) is 8.19. The Morgan fingerprint density at radius 3 is 2.41 bits per heavy atom. The molecule has 0 aromatic heterocycles. The quantitative estimate of drug-likeness (QED) is 0.653. The molecular formula is C14H30N2O. The Hall–Kier alpha value is -0.570. The zero-order valence-electron chi connectivity index (χ0n) is 12.0. The zero-order valence-corrected chi connectivity index (χ0v) is 12.0. The van der Waals surface area contributed by atoms with Gasteiger partial charge < -0.3 is 11.1 Å². The second-order valence-electron chi connectivity index (χ2n) is 5.68. The predicted molar refractivity (Wildman–Crippen MR) is 73.8 cm³/mol. The highest BCUT2D eigenvalue weighted by Crippen LogP contribution is 2.18. The molecule has 0 rings (SSSR count). The second kappa shape index (κ2) is 8.51. The molecular weight excluding hydrogens is 212 g/mol. The molecule has 0 fully saturated rings. The molecule has 1 amide bonds. The third-order valence-corrected chi connectivity index (χ3v) is 3.65. The van der Waals surface area contributed by atoms with Gasteiger partial charge in [-0.1, -0.05) is 34.1 Å². The van der Waals surface area contributed by atoms with Crippen LogP contribution in [-0.2, 0) is 4.79 Å². The van der Waals surface area contributed by atoms with Crippen molar-refractivity contribution in [2.45, 2.75) is 59.8 Å². The van der Waals surface area contributed by atoms with Gasteiger partial charge in [-0.3, -0.25) is 4.79 Å². The van der Waals surface area contributed by atoms with Gasteiger partial charge in [-0.15, -0.1) is 0 Å². The largest absolute Gasteiger partial charge is 0.356 e. The molecule has 3 heteroatoms. The summed E-state index contributed by atoms with van der Waals surface area (Å²) >= 11 is 0. The average Bonchev–Trinajstić information content (AvgIpc) is 2.32. The first kappa shape index (κ1) is 16.4. The van der Waals surface area contributed by atoms with Crippen LogP contribution in [0.2, 0.25) is 0 Å². The molecule has 0 radical (unpaired) electrons. The molecule has 0 heterocycles. The van der Waals surface area contributed by atoms with E-state index in [-0.39, 0.29) is 11.3 Å². The van der Waals surface area contributed by atoms with Crippen molar-refractivity contribution in [1.82, 2.24) is 5.32 Å². The lowest BCUT2D eigenvalue weighted by Crippen LogP contribution is -2.33. The minimum absolute atomic E-state index is 0.182. The number of carbonyl (C=O) groups excluding carboxylic acids is 1. The highest BCUT2D eigenvalue weighted by atomic mass is 16.1. The fourth-order valence-corrected chi connectivity index (χ4v) is 1.67. The van der Waals surface area contributed by atoms with Gasteiger partial charge in [-0.25, -0.2) is 0 Å². The number of amides is 1. The van der Waals surface area contributed by atoms with Gasteiger partial charge in [-0.2, -0.15) is 0 Å². The second-order valence-corrected chi connectivity index (χ2v) is 5.68. The molecule has 0 aliphatic heterocycles. The van der Waals surface area contributed by atoms with E-state index in [1.54, 1.807) is 0 Å². The van der Waals surface area contributed by atoms with E-state index in [1.807, 2.05) is 0 Å². The molecule has 0 aliphatic rings. The van der Waals surface area contributed by atoms with E-state index in [4.69, 9.17) is 5.73 Å². The van der Waals surface area contributed by atoms with E-state index in [0.717, 1.165) is 38.8 Å². The minimum Gasteiger partial charge on any atom is -0.356 e. The maximum absolute atomic E-state index is 11.7. The van der Waals surface area contributed by atoms with E-state index in [9.17, 15) is 4.79 Å². The molecule has 0 aliphatic carbocycles. The van der Waals surface area contributed by atoms with E-state index in [0.29, 0.717) is 12.3 Å². The van der Waals surface area contributed by atoms with Crippen molar-refractivity contribution in [2.24, 2.45) is 17.1 Å². The van der Waals surface area contributed by atoms with Crippen LogP contribution in [0.25, 0.3) is 0 Å². The predicted octanol–water partition coefficient (Wildman–Crippen LogP) is 2.69. The molecule has 3 nitrogen and oxygen atoms in total. The van der Waals surface area contributed by atoms with Crippen molar-refractivity contribution in [3.05, 3.63) is 0 Å². The fourth-order valence-electron chi connectivity index (χ4n) is 1.67. The van der Waals surface area contributed by atoms with E-state index >= 15 is 0 Å². The smallest absolute Gasteiger partial charge is 0.220 e.